The number of nitrogens with one attached hydrogen (secondary N) is 1. The summed E-state index contributed by atoms with van der Waals surface area (Å²) < 4.78 is 11.5. The highest BCUT2D eigenvalue weighted by molar-refractivity contribution is 8.39. The lowest BCUT2D eigenvalue weighted by atomic mass is 10.2. The fourth-order valence-electron chi connectivity index (χ4n) is 1.81. The zero-order valence-electron chi connectivity index (χ0n) is 10.9. The van der Waals surface area contributed by atoms with Crippen LogP contribution in [0.1, 0.15) is 6.92 Å². The van der Waals surface area contributed by atoms with Crippen LogP contribution in [0.5, 0.6) is 11.5 Å². The van der Waals surface area contributed by atoms with Crippen LogP contribution in [-0.4, -0.2) is 34.6 Å². The van der Waals surface area contributed by atoms with Gasteiger partial charge in [0.05, 0.1) is 11.8 Å². The number of thioether (sulfide) groups is 2. The first-order valence-electron chi connectivity index (χ1n) is 6.27. The summed E-state index contributed by atoms with van der Waals surface area (Å²) in [4.78, 5) is 16.5. The van der Waals surface area contributed by atoms with Crippen molar-refractivity contribution in [3.8, 4) is 11.5 Å². The van der Waals surface area contributed by atoms with Gasteiger partial charge in [-0.15, -0.1) is 0 Å². The van der Waals surface area contributed by atoms with Crippen LogP contribution in [0.15, 0.2) is 23.2 Å². The van der Waals surface area contributed by atoms with Crippen molar-refractivity contribution in [2.24, 2.45) is 4.99 Å². The molecule has 0 unspecified atom stereocenters. The number of ether oxygens (including phenoxy) is 2. The predicted molar refractivity (Wildman–Crippen MR) is 83.0 cm³/mol. The van der Waals surface area contributed by atoms with Gasteiger partial charge < -0.3 is 14.8 Å². The molecule has 106 valence electrons. The standard InChI is InChI=1S/C13H14N2O3S2/c1-8(20-13-14-4-5-19-13)12(16)15-9-2-3-10-11(6-9)18-7-17-10/h2-3,6,8H,4-5,7H2,1H3,(H,15,16)/t8-/m0/s1. The van der Waals surface area contributed by atoms with Crippen molar-refractivity contribution >= 4 is 39.5 Å². The summed E-state index contributed by atoms with van der Waals surface area (Å²) in [5.74, 6) is 2.35. The molecule has 2 heterocycles. The summed E-state index contributed by atoms with van der Waals surface area (Å²) in [6, 6.07) is 5.39. The van der Waals surface area contributed by atoms with E-state index in [1.54, 1.807) is 23.9 Å². The van der Waals surface area contributed by atoms with E-state index in [0.29, 0.717) is 17.2 Å². The summed E-state index contributed by atoms with van der Waals surface area (Å²) in [5, 5.41) is 2.71. The molecule has 1 aromatic carbocycles. The molecule has 0 aromatic heterocycles. The Hall–Kier alpha value is -1.34. The number of carbonyl (C=O) groups is 1. The van der Waals surface area contributed by atoms with Crippen LogP contribution in [0.25, 0.3) is 0 Å². The highest BCUT2D eigenvalue weighted by atomic mass is 32.2. The SMILES string of the molecule is C[C@H](SC1=NCCS1)C(=O)Nc1ccc2c(c1)OCO2. The molecule has 0 spiro atoms. The van der Waals surface area contributed by atoms with Gasteiger partial charge in [-0.2, -0.15) is 0 Å². The largest absolute Gasteiger partial charge is 0.454 e. The van der Waals surface area contributed by atoms with E-state index in [-0.39, 0.29) is 18.0 Å². The van der Waals surface area contributed by atoms with Gasteiger partial charge in [0, 0.05) is 17.5 Å². The van der Waals surface area contributed by atoms with E-state index >= 15 is 0 Å². The molecule has 1 N–H and O–H groups in total. The van der Waals surface area contributed by atoms with Crippen LogP contribution >= 0.6 is 23.5 Å². The van der Waals surface area contributed by atoms with Crippen molar-refractivity contribution < 1.29 is 14.3 Å². The average molecular weight is 310 g/mol. The molecule has 0 aliphatic carbocycles. The van der Waals surface area contributed by atoms with Crippen LogP contribution in [0.2, 0.25) is 0 Å². The molecule has 0 fully saturated rings. The van der Waals surface area contributed by atoms with Gasteiger partial charge in [0.15, 0.2) is 11.5 Å². The molecule has 1 amide bonds. The molecule has 0 saturated carbocycles. The zero-order chi connectivity index (χ0) is 13.9. The highest BCUT2D eigenvalue weighted by Gasteiger charge is 2.20. The Balaban J connectivity index is 1.60. The quantitative estimate of drug-likeness (QED) is 0.930. The number of amides is 1. The van der Waals surface area contributed by atoms with Crippen LogP contribution < -0.4 is 14.8 Å². The number of nitrogens with zero attached hydrogens (tertiary/aromatic N) is 1. The number of hydrogen-bond donors (Lipinski definition) is 1. The lowest BCUT2D eigenvalue weighted by Gasteiger charge is -2.11. The van der Waals surface area contributed by atoms with Gasteiger partial charge in [0.2, 0.25) is 12.7 Å². The molecule has 3 rings (SSSR count). The number of rotatable bonds is 3. The zero-order valence-corrected chi connectivity index (χ0v) is 12.6. The molecule has 1 aromatic rings. The minimum absolute atomic E-state index is 0.0379. The van der Waals surface area contributed by atoms with E-state index in [9.17, 15) is 4.79 Å². The maximum atomic E-state index is 12.1. The molecule has 2 aliphatic heterocycles. The van der Waals surface area contributed by atoms with E-state index in [1.165, 1.54) is 11.8 Å². The van der Waals surface area contributed by atoms with Gasteiger partial charge >= 0.3 is 0 Å². The van der Waals surface area contributed by atoms with Crippen LogP contribution in [-0.2, 0) is 4.79 Å². The number of carbonyl (C=O) groups excluding carboxylic acids is 1. The number of benzene rings is 1. The topological polar surface area (TPSA) is 59.9 Å². The van der Waals surface area contributed by atoms with E-state index < -0.39 is 0 Å². The van der Waals surface area contributed by atoms with E-state index in [4.69, 9.17) is 9.47 Å². The minimum Gasteiger partial charge on any atom is -0.454 e. The molecule has 2 aliphatic rings. The molecule has 20 heavy (non-hydrogen) atoms. The summed E-state index contributed by atoms with van der Waals surface area (Å²) in [6.45, 7) is 2.97. The lowest BCUT2D eigenvalue weighted by molar-refractivity contribution is -0.115. The summed E-state index contributed by atoms with van der Waals surface area (Å²) >= 11 is 3.21. The second-order valence-corrected chi connectivity index (χ2v) is 6.99. The first-order chi connectivity index (χ1) is 9.72. The molecule has 0 bridgehead atoms. The molecule has 5 nitrogen and oxygen atoms in total. The average Bonchev–Trinajstić information content (AvgIpc) is 3.08. The molecular weight excluding hydrogens is 296 g/mol. The fraction of sp³-hybridized carbons (Fsp3) is 0.385. The van der Waals surface area contributed by atoms with Gasteiger partial charge in [-0.05, 0) is 19.1 Å². The molecule has 7 heteroatoms. The van der Waals surface area contributed by atoms with Gasteiger partial charge in [-0.25, -0.2) is 0 Å². The highest BCUT2D eigenvalue weighted by Crippen LogP contribution is 2.34. The number of fused-ring (bicyclic) bond motifs is 1. The van der Waals surface area contributed by atoms with Crippen molar-refractivity contribution in [2.45, 2.75) is 12.2 Å². The van der Waals surface area contributed by atoms with Crippen LogP contribution in [0.3, 0.4) is 0 Å². The first kappa shape index (κ1) is 13.6. The predicted octanol–water partition coefficient (Wildman–Crippen LogP) is 2.58. The van der Waals surface area contributed by atoms with Crippen molar-refractivity contribution in [2.75, 3.05) is 24.4 Å². The number of aliphatic imine (C=N–C) groups is 1. The van der Waals surface area contributed by atoms with Gasteiger partial charge in [0.25, 0.3) is 0 Å². The van der Waals surface area contributed by atoms with Gasteiger partial charge in [-0.1, -0.05) is 23.5 Å². The van der Waals surface area contributed by atoms with Gasteiger partial charge in [0.1, 0.15) is 4.38 Å². The van der Waals surface area contributed by atoms with Crippen LogP contribution in [0, 0.1) is 0 Å². The third-order valence-electron chi connectivity index (χ3n) is 2.84. The van der Waals surface area contributed by atoms with Crippen molar-refractivity contribution in [1.82, 2.24) is 0 Å². The molecule has 0 radical (unpaired) electrons. The first-order valence-corrected chi connectivity index (χ1v) is 8.13. The van der Waals surface area contributed by atoms with Gasteiger partial charge in [-0.3, -0.25) is 9.79 Å². The summed E-state index contributed by atoms with van der Waals surface area (Å²) in [5.41, 5.74) is 0.715. The van der Waals surface area contributed by atoms with E-state index in [0.717, 1.165) is 16.7 Å². The van der Waals surface area contributed by atoms with E-state index in [1.807, 2.05) is 13.0 Å². The molecule has 0 saturated heterocycles. The van der Waals surface area contributed by atoms with E-state index in [2.05, 4.69) is 10.3 Å². The summed E-state index contributed by atoms with van der Waals surface area (Å²) in [6.07, 6.45) is 0. The second-order valence-electron chi connectivity index (χ2n) is 4.31. The number of anilines is 1. The Kier molecular flexibility index (Phi) is 4.07. The van der Waals surface area contributed by atoms with Crippen LogP contribution in [0.4, 0.5) is 5.69 Å². The van der Waals surface area contributed by atoms with Crippen molar-refractivity contribution in [3.05, 3.63) is 18.2 Å². The Morgan fingerprint density at radius 2 is 2.30 bits per heavy atom. The Labute approximate surface area is 125 Å². The molecular formula is C13H14N2O3S2. The summed E-state index contributed by atoms with van der Waals surface area (Å²) in [7, 11) is 0. The monoisotopic (exact) mass is 310 g/mol. The lowest BCUT2D eigenvalue weighted by Crippen LogP contribution is -2.23. The maximum Gasteiger partial charge on any atom is 0.237 e. The minimum atomic E-state index is -0.176. The molecule has 1 atom stereocenters. The fourth-order valence-corrected chi connectivity index (χ4v) is 3.94. The number of hydrogen-bond acceptors (Lipinski definition) is 6. The maximum absolute atomic E-state index is 12.1. The second kappa shape index (κ2) is 5.97. The Morgan fingerprint density at radius 1 is 1.45 bits per heavy atom. The van der Waals surface area contributed by atoms with Crippen molar-refractivity contribution in [3.63, 3.8) is 0 Å². The normalized spacial score (nSPS) is 17.8. The Bertz CT molecular complexity index is 563. The Morgan fingerprint density at radius 3 is 3.10 bits per heavy atom. The smallest absolute Gasteiger partial charge is 0.237 e. The third kappa shape index (κ3) is 3.04. The van der Waals surface area contributed by atoms with Crippen molar-refractivity contribution in [1.29, 1.82) is 0 Å². The third-order valence-corrected chi connectivity index (χ3v) is 5.15.